The smallest absolute Gasteiger partial charge is 0.238 e. The standard InChI is InChI=1S/C15H21N5O/c1-3-13-6-4-5-7-14(13)18-15(21)10-19(2)8-9-20-12-16-11-17-20/h4-7,11-12H,3,8-10H2,1-2H3,(H,18,21). The normalized spacial score (nSPS) is 10.8. The van der Waals surface area contributed by atoms with Gasteiger partial charge < -0.3 is 5.32 Å². The van der Waals surface area contributed by atoms with E-state index in [0.717, 1.165) is 30.8 Å². The van der Waals surface area contributed by atoms with Gasteiger partial charge in [0.05, 0.1) is 13.1 Å². The van der Waals surface area contributed by atoms with Gasteiger partial charge in [0.25, 0.3) is 0 Å². The van der Waals surface area contributed by atoms with Gasteiger partial charge in [-0.1, -0.05) is 25.1 Å². The van der Waals surface area contributed by atoms with Crippen molar-refractivity contribution in [2.24, 2.45) is 0 Å². The number of hydrogen-bond acceptors (Lipinski definition) is 4. The number of para-hydroxylation sites is 1. The van der Waals surface area contributed by atoms with E-state index in [9.17, 15) is 4.79 Å². The molecular weight excluding hydrogens is 266 g/mol. The first-order valence-electron chi connectivity index (χ1n) is 7.07. The number of anilines is 1. The van der Waals surface area contributed by atoms with E-state index in [1.165, 1.54) is 6.33 Å². The van der Waals surface area contributed by atoms with Gasteiger partial charge in [0, 0.05) is 12.2 Å². The Labute approximate surface area is 124 Å². The molecule has 0 atom stereocenters. The monoisotopic (exact) mass is 287 g/mol. The van der Waals surface area contributed by atoms with Crippen LogP contribution in [0, 0.1) is 0 Å². The molecule has 2 aromatic rings. The molecular formula is C15H21N5O. The first-order chi connectivity index (χ1) is 10.2. The molecule has 1 aromatic carbocycles. The van der Waals surface area contributed by atoms with Crippen LogP contribution in [0.15, 0.2) is 36.9 Å². The maximum Gasteiger partial charge on any atom is 0.238 e. The lowest BCUT2D eigenvalue weighted by Crippen LogP contribution is -2.32. The number of hydrogen-bond donors (Lipinski definition) is 1. The second-order valence-corrected chi connectivity index (χ2v) is 4.96. The van der Waals surface area contributed by atoms with Crippen molar-refractivity contribution in [1.82, 2.24) is 19.7 Å². The van der Waals surface area contributed by atoms with E-state index < -0.39 is 0 Å². The summed E-state index contributed by atoms with van der Waals surface area (Å²) in [6.45, 7) is 3.89. The fourth-order valence-corrected chi connectivity index (χ4v) is 2.09. The van der Waals surface area contributed by atoms with Crippen LogP contribution in [0.5, 0.6) is 0 Å². The lowest BCUT2D eigenvalue weighted by molar-refractivity contribution is -0.117. The Balaban J connectivity index is 1.80. The van der Waals surface area contributed by atoms with Crippen LogP contribution in [0.4, 0.5) is 5.69 Å². The highest BCUT2D eigenvalue weighted by atomic mass is 16.2. The molecule has 2 rings (SSSR count). The summed E-state index contributed by atoms with van der Waals surface area (Å²) in [7, 11) is 1.92. The molecule has 1 amide bonds. The third kappa shape index (κ3) is 4.68. The summed E-state index contributed by atoms with van der Waals surface area (Å²) in [4.78, 5) is 17.9. The number of aryl methyl sites for hydroxylation is 1. The molecule has 0 bridgehead atoms. The van der Waals surface area contributed by atoms with Crippen LogP contribution in [0.25, 0.3) is 0 Å². The number of carbonyl (C=O) groups excluding carboxylic acids is 1. The second kappa shape index (κ2) is 7.54. The molecule has 0 aliphatic rings. The Morgan fingerprint density at radius 2 is 2.19 bits per heavy atom. The van der Waals surface area contributed by atoms with Gasteiger partial charge in [-0.25, -0.2) is 4.98 Å². The molecule has 1 N–H and O–H groups in total. The fourth-order valence-electron chi connectivity index (χ4n) is 2.09. The van der Waals surface area contributed by atoms with Crippen molar-refractivity contribution < 1.29 is 4.79 Å². The minimum atomic E-state index is -0.00279. The highest BCUT2D eigenvalue weighted by Crippen LogP contribution is 2.15. The van der Waals surface area contributed by atoms with Crippen LogP contribution < -0.4 is 5.32 Å². The SMILES string of the molecule is CCc1ccccc1NC(=O)CN(C)CCn1cncn1. The molecule has 0 radical (unpaired) electrons. The number of carbonyl (C=O) groups is 1. The summed E-state index contributed by atoms with van der Waals surface area (Å²) >= 11 is 0. The second-order valence-electron chi connectivity index (χ2n) is 4.96. The Kier molecular flexibility index (Phi) is 5.45. The maximum atomic E-state index is 12.1. The first kappa shape index (κ1) is 15.2. The summed E-state index contributed by atoms with van der Waals surface area (Å²) < 4.78 is 1.75. The highest BCUT2D eigenvalue weighted by molar-refractivity contribution is 5.92. The van der Waals surface area contributed by atoms with Crippen LogP contribution in [0.2, 0.25) is 0 Å². The van der Waals surface area contributed by atoms with Crippen LogP contribution in [-0.2, 0) is 17.8 Å². The van der Waals surface area contributed by atoms with Gasteiger partial charge in [0.1, 0.15) is 12.7 Å². The van der Waals surface area contributed by atoms with Crippen LogP contribution in [0.3, 0.4) is 0 Å². The van der Waals surface area contributed by atoms with Gasteiger partial charge in [0.2, 0.25) is 5.91 Å². The van der Waals surface area contributed by atoms with E-state index >= 15 is 0 Å². The van der Waals surface area contributed by atoms with Gasteiger partial charge >= 0.3 is 0 Å². The molecule has 6 nitrogen and oxygen atoms in total. The molecule has 0 aliphatic carbocycles. The minimum Gasteiger partial charge on any atom is -0.325 e. The van der Waals surface area contributed by atoms with Crippen molar-refractivity contribution in [3.05, 3.63) is 42.5 Å². The number of amides is 1. The van der Waals surface area contributed by atoms with Gasteiger partial charge in [-0.2, -0.15) is 5.10 Å². The minimum absolute atomic E-state index is 0.00279. The molecule has 0 unspecified atom stereocenters. The molecule has 1 aromatic heterocycles. The summed E-state index contributed by atoms with van der Waals surface area (Å²) in [6, 6.07) is 7.89. The molecule has 0 fully saturated rings. The molecule has 0 spiro atoms. The van der Waals surface area contributed by atoms with E-state index in [1.54, 1.807) is 11.0 Å². The van der Waals surface area contributed by atoms with Crippen molar-refractivity contribution in [1.29, 1.82) is 0 Å². The molecule has 0 aliphatic heterocycles. The lowest BCUT2D eigenvalue weighted by Gasteiger charge is -2.17. The van der Waals surface area contributed by atoms with E-state index in [-0.39, 0.29) is 5.91 Å². The third-order valence-electron chi connectivity index (χ3n) is 3.26. The molecule has 0 saturated carbocycles. The zero-order valence-corrected chi connectivity index (χ0v) is 12.5. The lowest BCUT2D eigenvalue weighted by atomic mass is 10.1. The van der Waals surface area contributed by atoms with Crippen LogP contribution >= 0.6 is 0 Å². The van der Waals surface area contributed by atoms with Crippen LogP contribution in [-0.4, -0.2) is 45.7 Å². The Bertz CT molecular complexity index is 567. The van der Waals surface area contributed by atoms with E-state index in [1.807, 2.05) is 36.2 Å². The summed E-state index contributed by atoms with van der Waals surface area (Å²) in [5, 5.41) is 7.01. The van der Waals surface area contributed by atoms with Crippen molar-refractivity contribution in [2.75, 3.05) is 25.5 Å². The molecule has 21 heavy (non-hydrogen) atoms. The summed E-state index contributed by atoms with van der Waals surface area (Å²) in [6.07, 6.45) is 4.08. The van der Waals surface area contributed by atoms with Gasteiger partial charge in [-0.05, 0) is 25.1 Å². The predicted octanol–water partition coefficient (Wildman–Crippen LogP) is 1.41. The number of aromatic nitrogens is 3. The van der Waals surface area contributed by atoms with E-state index in [2.05, 4.69) is 22.3 Å². The number of rotatable bonds is 7. The van der Waals surface area contributed by atoms with E-state index in [0.29, 0.717) is 6.54 Å². The zero-order chi connectivity index (χ0) is 15.1. The largest absolute Gasteiger partial charge is 0.325 e. The Morgan fingerprint density at radius 1 is 1.38 bits per heavy atom. The topological polar surface area (TPSA) is 63.1 Å². The van der Waals surface area contributed by atoms with Gasteiger partial charge in [-0.3, -0.25) is 14.4 Å². The predicted molar refractivity (Wildman–Crippen MR) is 82.0 cm³/mol. The zero-order valence-electron chi connectivity index (χ0n) is 12.5. The van der Waals surface area contributed by atoms with Gasteiger partial charge in [-0.15, -0.1) is 0 Å². The third-order valence-corrected chi connectivity index (χ3v) is 3.26. The van der Waals surface area contributed by atoms with Crippen molar-refractivity contribution in [3.8, 4) is 0 Å². The molecule has 6 heteroatoms. The summed E-state index contributed by atoms with van der Waals surface area (Å²) in [5.74, 6) is -0.00279. The molecule has 112 valence electrons. The molecule has 0 saturated heterocycles. The quantitative estimate of drug-likeness (QED) is 0.836. The van der Waals surface area contributed by atoms with Crippen molar-refractivity contribution in [2.45, 2.75) is 19.9 Å². The Hall–Kier alpha value is -2.21. The number of nitrogens with zero attached hydrogens (tertiary/aromatic N) is 4. The van der Waals surface area contributed by atoms with Crippen LogP contribution in [0.1, 0.15) is 12.5 Å². The van der Waals surface area contributed by atoms with Crippen molar-refractivity contribution >= 4 is 11.6 Å². The Morgan fingerprint density at radius 3 is 2.90 bits per heavy atom. The van der Waals surface area contributed by atoms with Gasteiger partial charge in [0.15, 0.2) is 0 Å². The highest BCUT2D eigenvalue weighted by Gasteiger charge is 2.08. The average molecular weight is 287 g/mol. The maximum absolute atomic E-state index is 12.1. The summed E-state index contributed by atoms with van der Waals surface area (Å²) in [5.41, 5.74) is 2.05. The number of nitrogens with one attached hydrogen (secondary N) is 1. The fraction of sp³-hybridized carbons (Fsp3) is 0.400. The van der Waals surface area contributed by atoms with Crippen molar-refractivity contribution in [3.63, 3.8) is 0 Å². The van der Waals surface area contributed by atoms with E-state index in [4.69, 9.17) is 0 Å². The average Bonchev–Trinajstić information content (AvgIpc) is 2.99. The first-order valence-corrected chi connectivity index (χ1v) is 7.07. The molecule has 1 heterocycles. The number of benzene rings is 1. The number of likely N-dealkylation sites (N-methyl/N-ethyl adjacent to an activating group) is 1.